The van der Waals surface area contributed by atoms with Gasteiger partial charge in [-0.05, 0) is 24.5 Å². The fraction of sp³-hybridized carbons (Fsp3) is 0.350. The monoisotopic (exact) mass is 310 g/mol. The Morgan fingerprint density at radius 1 is 0.957 bits per heavy atom. The molecule has 2 aromatic carbocycles. The molecule has 0 aliphatic rings. The third kappa shape index (κ3) is 5.87. The summed E-state index contributed by atoms with van der Waals surface area (Å²) in [7, 11) is 0. The lowest BCUT2D eigenvalue weighted by atomic mass is 10.0. The zero-order chi connectivity index (χ0) is 16.7. The Morgan fingerprint density at radius 3 is 2.22 bits per heavy atom. The number of hydrogen-bond donors (Lipinski definition) is 2. The van der Waals surface area contributed by atoms with Crippen LogP contribution in [0.3, 0.4) is 0 Å². The van der Waals surface area contributed by atoms with Crippen molar-refractivity contribution < 1.29 is 4.79 Å². The molecule has 0 radical (unpaired) electrons. The van der Waals surface area contributed by atoms with Gasteiger partial charge in [0.25, 0.3) is 0 Å². The van der Waals surface area contributed by atoms with E-state index in [1.165, 1.54) is 5.56 Å². The van der Waals surface area contributed by atoms with E-state index in [0.29, 0.717) is 13.0 Å². The summed E-state index contributed by atoms with van der Waals surface area (Å²) >= 11 is 0. The van der Waals surface area contributed by atoms with Crippen LogP contribution in [-0.2, 0) is 17.8 Å². The second-order valence-corrected chi connectivity index (χ2v) is 6.27. The molecule has 1 atom stereocenters. The van der Waals surface area contributed by atoms with Gasteiger partial charge in [-0.2, -0.15) is 0 Å². The number of hydrogen-bond acceptors (Lipinski definition) is 2. The van der Waals surface area contributed by atoms with Crippen molar-refractivity contribution in [2.75, 3.05) is 0 Å². The number of carbonyl (C=O) groups is 1. The summed E-state index contributed by atoms with van der Waals surface area (Å²) in [6.07, 6.45) is 0.693. The van der Waals surface area contributed by atoms with Gasteiger partial charge in [-0.1, -0.05) is 74.0 Å². The van der Waals surface area contributed by atoms with Gasteiger partial charge in [0.1, 0.15) is 0 Å². The summed E-state index contributed by atoms with van der Waals surface area (Å²) in [5, 5.41) is 6.40. The number of rotatable bonds is 7. The maximum atomic E-state index is 12.5. The number of nitrogens with one attached hydrogen (secondary N) is 2. The predicted octanol–water partition coefficient (Wildman–Crippen LogP) is 3.22. The fourth-order valence-electron chi connectivity index (χ4n) is 2.50. The van der Waals surface area contributed by atoms with Crippen molar-refractivity contribution in [2.45, 2.75) is 45.8 Å². The van der Waals surface area contributed by atoms with Crippen LogP contribution < -0.4 is 10.6 Å². The second-order valence-electron chi connectivity index (χ2n) is 6.27. The molecule has 0 saturated heterocycles. The van der Waals surface area contributed by atoms with Gasteiger partial charge in [-0.15, -0.1) is 0 Å². The summed E-state index contributed by atoms with van der Waals surface area (Å²) < 4.78 is 0. The predicted molar refractivity (Wildman–Crippen MR) is 95.2 cm³/mol. The molecular weight excluding hydrogens is 284 g/mol. The van der Waals surface area contributed by atoms with Gasteiger partial charge in [0, 0.05) is 12.6 Å². The zero-order valence-corrected chi connectivity index (χ0v) is 14.2. The SMILES string of the molecule is Cc1ccc(CNC(=O)[C@H](Cc2ccccc2)NC(C)C)cc1. The van der Waals surface area contributed by atoms with Crippen LogP contribution in [-0.4, -0.2) is 18.0 Å². The highest BCUT2D eigenvalue weighted by Gasteiger charge is 2.19. The molecule has 0 fully saturated rings. The second kappa shape index (κ2) is 8.49. The smallest absolute Gasteiger partial charge is 0.237 e. The van der Waals surface area contributed by atoms with Crippen LogP contribution >= 0.6 is 0 Å². The van der Waals surface area contributed by atoms with Crippen molar-refractivity contribution in [3.05, 3.63) is 71.3 Å². The molecule has 0 heterocycles. The molecule has 1 amide bonds. The lowest BCUT2D eigenvalue weighted by molar-refractivity contribution is -0.123. The van der Waals surface area contributed by atoms with E-state index in [2.05, 4.69) is 67.8 Å². The van der Waals surface area contributed by atoms with E-state index in [-0.39, 0.29) is 18.0 Å². The first-order valence-electron chi connectivity index (χ1n) is 8.18. The third-order valence-electron chi connectivity index (χ3n) is 3.72. The molecule has 0 bridgehead atoms. The molecule has 0 aromatic heterocycles. The molecule has 2 rings (SSSR count). The van der Waals surface area contributed by atoms with Crippen LogP contribution in [0.5, 0.6) is 0 Å². The lowest BCUT2D eigenvalue weighted by Crippen LogP contribution is -2.47. The van der Waals surface area contributed by atoms with Gasteiger partial charge >= 0.3 is 0 Å². The van der Waals surface area contributed by atoms with Crippen molar-refractivity contribution in [3.8, 4) is 0 Å². The molecule has 122 valence electrons. The molecule has 3 nitrogen and oxygen atoms in total. The fourth-order valence-corrected chi connectivity index (χ4v) is 2.50. The number of aryl methyl sites for hydroxylation is 1. The molecule has 0 unspecified atom stereocenters. The minimum atomic E-state index is -0.220. The zero-order valence-electron chi connectivity index (χ0n) is 14.2. The minimum Gasteiger partial charge on any atom is -0.351 e. The van der Waals surface area contributed by atoms with Crippen molar-refractivity contribution in [1.82, 2.24) is 10.6 Å². The van der Waals surface area contributed by atoms with E-state index < -0.39 is 0 Å². The van der Waals surface area contributed by atoms with Gasteiger partial charge in [0.15, 0.2) is 0 Å². The first-order chi connectivity index (χ1) is 11.0. The summed E-state index contributed by atoms with van der Waals surface area (Å²) in [4.78, 5) is 12.5. The van der Waals surface area contributed by atoms with Crippen molar-refractivity contribution >= 4 is 5.91 Å². The van der Waals surface area contributed by atoms with Crippen molar-refractivity contribution in [1.29, 1.82) is 0 Å². The normalized spacial score (nSPS) is 12.2. The minimum absolute atomic E-state index is 0.0446. The number of benzene rings is 2. The largest absolute Gasteiger partial charge is 0.351 e. The standard InChI is InChI=1S/C20H26N2O/c1-15(2)22-19(13-17-7-5-4-6-8-17)20(23)21-14-18-11-9-16(3)10-12-18/h4-12,15,19,22H,13-14H2,1-3H3,(H,21,23)/t19-/m0/s1. The summed E-state index contributed by atoms with van der Waals surface area (Å²) in [5.74, 6) is 0.0446. The van der Waals surface area contributed by atoms with Crippen LogP contribution in [0.15, 0.2) is 54.6 Å². The summed E-state index contributed by atoms with van der Waals surface area (Å²) in [5.41, 5.74) is 3.51. The van der Waals surface area contributed by atoms with E-state index >= 15 is 0 Å². The first-order valence-corrected chi connectivity index (χ1v) is 8.18. The highest BCUT2D eigenvalue weighted by molar-refractivity contribution is 5.82. The molecule has 2 N–H and O–H groups in total. The van der Waals surface area contributed by atoms with Gasteiger partial charge in [-0.25, -0.2) is 0 Å². The third-order valence-corrected chi connectivity index (χ3v) is 3.72. The molecular formula is C20H26N2O. The molecule has 0 spiro atoms. The summed E-state index contributed by atoms with van der Waals surface area (Å²) in [6.45, 7) is 6.74. The highest BCUT2D eigenvalue weighted by Crippen LogP contribution is 2.06. The van der Waals surface area contributed by atoms with Crippen LogP contribution in [0.25, 0.3) is 0 Å². The Bertz CT molecular complexity index is 605. The van der Waals surface area contributed by atoms with Crippen molar-refractivity contribution in [3.63, 3.8) is 0 Å². The van der Waals surface area contributed by atoms with Gasteiger partial charge in [-0.3, -0.25) is 4.79 Å². The number of carbonyl (C=O) groups excluding carboxylic acids is 1. The Hall–Kier alpha value is -2.13. The Balaban J connectivity index is 1.97. The van der Waals surface area contributed by atoms with Crippen molar-refractivity contribution in [2.24, 2.45) is 0 Å². The Kier molecular flexibility index (Phi) is 6.36. The van der Waals surface area contributed by atoms with Crippen LogP contribution in [0.2, 0.25) is 0 Å². The van der Waals surface area contributed by atoms with Gasteiger partial charge in [0.05, 0.1) is 6.04 Å². The van der Waals surface area contributed by atoms with E-state index in [1.807, 2.05) is 18.2 Å². The number of amides is 1. The summed E-state index contributed by atoms with van der Waals surface area (Å²) in [6, 6.07) is 18.4. The Morgan fingerprint density at radius 2 is 1.61 bits per heavy atom. The highest BCUT2D eigenvalue weighted by atomic mass is 16.2. The maximum Gasteiger partial charge on any atom is 0.237 e. The van der Waals surface area contributed by atoms with E-state index in [1.54, 1.807) is 0 Å². The molecule has 23 heavy (non-hydrogen) atoms. The molecule has 3 heteroatoms. The van der Waals surface area contributed by atoms with Gasteiger partial charge < -0.3 is 10.6 Å². The average molecular weight is 310 g/mol. The van der Waals surface area contributed by atoms with Gasteiger partial charge in [0.2, 0.25) is 5.91 Å². The molecule has 2 aromatic rings. The molecule has 0 aliphatic carbocycles. The maximum absolute atomic E-state index is 12.5. The molecule has 0 aliphatic heterocycles. The topological polar surface area (TPSA) is 41.1 Å². The molecule has 0 saturated carbocycles. The van der Waals surface area contributed by atoms with Crippen LogP contribution in [0.1, 0.15) is 30.5 Å². The van der Waals surface area contributed by atoms with Crippen LogP contribution in [0.4, 0.5) is 0 Å². The lowest BCUT2D eigenvalue weighted by Gasteiger charge is -2.21. The average Bonchev–Trinajstić information content (AvgIpc) is 2.54. The van der Waals surface area contributed by atoms with E-state index in [0.717, 1.165) is 11.1 Å². The van der Waals surface area contributed by atoms with E-state index in [9.17, 15) is 4.79 Å². The first kappa shape index (κ1) is 17.2. The Labute approximate surface area is 139 Å². The van der Waals surface area contributed by atoms with E-state index in [4.69, 9.17) is 0 Å². The van der Waals surface area contributed by atoms with Crippen LogP contribution in [0, 0.1) is 6.92 Å². The quantitative estimate of drug-likeness (QED) is 0.824.